The molecule has 3 rings (SSSR count). The summed E-state index contributed by atoms with van der Waals surface area (Å²) in [4.78, 5) is 37.4. The molecule has 0 aromatic heterocycles. The van der Waals surface area contributed by atoms with Gasteiger partial charge in [-0.1, -0.05) is 13.8 Å². The van der Waals surface area contributed by atoms with Gasteiger partial charge in [0, 0.05) is 12.2 Å². The number of anilines is 4. The molecule has 0 radical (unpaired) electrons. The SMILES string of the molecule is CCS(=O)(=O)c1cc2c(cc1NC(=O)C(F)(F)F)NC(=O)C(C)CN2C(=O)Nc1ccc(F)cc1. The third-order valence-electron chi connectivity index (χ3n) is 5.11. The first-order valence-electron chi connectivity index (χ1n) is 10.2. The average Bonchev–Trinajstić information content (AvgIpc) is 2.89. The van der Waals surface area contributed by atoms with E-state index in [1.54, 1.807) is 0 Å². The third-order valence-corrected chi connectivity index (χ3v) is 6.88. The summed E-state index contributed by atoms with van der Waals surface area (Å²) in [5.74, 6) is -4.88. The predicted molar refractivity (Wildman–Crippen MR) is 119 cm³/mol. The van der Waals surface area contributed by atoms with Gasteiger partial charge in [-0.05, 0) is 36.4 Å². The highest BCUT2D eigenvalue weighted by molar-refractivity contribution is 7.91. The lowest BCUT2D eigenvalue weighted by Crippen LogP contribution is -2.39. The molecule has 1 unspecified atom stereocenters. The molecule has 2 aromatic rings. The molecular formula is C21H20F4N4O5S. The van der Waals surface area contributed by atoms with Crippen molar-refractivity contribution in [3.05, 3.63) is 42.2 Å². The molecule has 35 heavy (non-hydrogen) atoms. The number of urea groups is 1. The van der Waals surface area contributed by atoms with Crippen LogP contribution in [0.2, 0.25) is 0 Å². The van der Waals surface area contributed by atoms with Crippen LogP contribution in [0.5, 0.6) is 0 Å². The minimum absolute atomic E-state index is 0.126. The number of carbonyl (C=O) groups is 3. The molecular weight excluding hydrogens is 496 g/mol. The van der Waals surface area contributed by atoms with E-state index in [1.165, 1.54) is 31.3 Å². The van der Waals surface area contributed by atoms with Crippen LogP contribution in [0.1, 0.15) is 13.8 Å². The molecule has 9 nitrogen and oxygen atoms in total. The smallest absolute Gasteiger partial charge is 0.324 e. The standard InChI is InChI=1S/C21H20F4N4O5S/c1-3-35(33,34)17-9-16-14(8-15(17)28-19(31)21(23,24)25)27-18(30)11(2)10-29(16)20(32)26-13-6-4-12(22)5-7-13/h4-9,11H,3,10H2,1-2H3,(H,26,32)(H,27,30)(H,28,31). The summed E-state index contributed by atoms with van der Waals surface area (Å²) in [6.07, 6.45) is -5.31. The molecule has 188 valence electrons. The number of halogens is 4. The van der Waals surface area contributed by atoms with Crippen molar-refractivity contribution in [1.29, 1.82) is 0 Å². The lowest BCUT2D eigenvalue weighted by atomic mass is 10.1. The highest BCUT2D eigenvalue weighted by Crippen LogP contribution is 2.38. The van der Waals surface area contributed by atoms with E-state index in [9.17, 15) is 40.4 Å². The van der Waals surface area contributed by atoms with Crippen molar-refractivity contribution in [3.8, 4) is 0 Å². The van der Waals surface area contributed by atoms with Gasteiger partial charge in [-0.25, -0.2) is 17.6 Å². The summed E-state index contributed by atoms with van der Waals surface area (Å²) in [7, 11) is -4.20. The normalized spacial score (nSPS) is 16.1. The van der Waals surface area contributed by atoms with Crippen LogP contribution in [0.15, 0.2) is 41.3 Å². The molecule has 0 bridgehead atoms. The fourth-order valence-electron chi connectivity index (χ4n) is 3.22. The highest BCUT2D eigenvalue weighted by atomic mass is 32.2. The maximum absolute atomic E-state index is 13.2. The van der Waals surface area contributed by atoms with E-state index in [0.29, 0.717) is 0 Å². The molecule has 2 aromatic carbocycles. The van der Waals surface area contributed by atoms with Crippen molar-refractivity contribution in [2.24, 2.45) is 5.92 Å². The van der Waals surface area contributed by atoms with Gasteiger partial charge in [0.15, 0.2) is 9.84 Å². The quantitative estimate of drug-likeness (QED) is 0.534. The number of hydrogen-bond donors (Lipinski definition) is 3. The number of nitrogens with zero attached hydrogens (tertiary/aromatic N) is 1. The third kappa shape index (κ3) is 5.70. The van der Waals surface area contributed by atoms with E-state index in [0.717, 1.165) is 29.2 Å². The lowest BCUT2D eigenvalue weighted by molar-refractivity contribution is -0.167. The van der Waals surface area contributed by atoms with Crippen molar-refractivity contribution < 1.29 is 40.4 Å². The summed E-state index contributed by atoms with van der Waals surface area (Å²) in [6, 6.07) is 5.72. The Morgan fingerprint density at radius 1 is 1.14 bits per heavy atom. The van der Waals surface area contributed by atoms with Gasteiger partial charge in [-0.3, -0.25) is 14.5 Å². The largest absolute Gasteiger partial charge is 0.471 e. The molecule has 0 aliphatic carbocycles. The van der Waals surface area contributed by atoms with Crippen LogP contribution in [-0.4, -0.2) is 44.7 Å². The van der Waals surface area contributed by atoms with Crippen molar-refractivity contribution >= 4 is 50.4 Å². The van der Waals surface area contributed by atoms with Gasteiger partial charge in [0.2, 0.25) is 5.91 Å². The molecule has 14 heteroatoms. The molecule has 0 saturated carbocycles. The van der Waals surface area contributed by atoms with Crippen LogP contribution < -0.4 is 20.9 Å². The Morgan fingerprint density at radius 2 is 1.77 bits per heavy atom. The van der Waals surface area contributed by atoms with Crippen LogP contribution in [0.4, 0.5) is 45.1 Å². The van der Waals surface area contributed by atoms with Crippen molar-refractivity contribution in [3.63, 3.8) is 0 Å². The van der Waals surface area contributed by atoms with E-state index in [2.05, 4.69) is 10.6 Å². The number of amides is 4. The summed E-state index contributed by atoms with van der Waals surface area (Å²) in [5.41, 5.74) is -0.827. The Balaban J connectivity index is 2.14. The fourth-order valence-corrected chi connectivity index (χ4v) is 4.27. The molecule has 0 spiro atoms. The first-order valence-corrected chi connectivity index (χ1v) is 11.8. The molecule has 4 amide bonds. The molecule has 1 aliphatic rings. The summed E-state index contributed by atoms with van der Waals surface area (Å²) in [5, 5.41) is 6.46. The predicted octanol–water partition coefficient (Wildman–Crippen LogP) is 3.75. The van der Waals surface area contributed by atoms with Crippen molar-refractivity contribution in [2.75, 3.05) is 33.1 Å². The zero-order valence-electron chi connectivity index (χ0n) is 18.4. The minimum atomic E-state index is -5.31. The average molecular weight is 516 g/mol. The minimum Gasteiger partial charge on any atom is -0.324 e. The maximum atomic E-state index is 13.2. The molecule has 1 aliphatic heterocycles. The number of rotatable bonds is 4. The summed E-state index contributed by atoms with van der Waals surface area (Å²) < 4.78 is 77.1. The Kier molecular flexibility index (Phi) is 7.06. The van der Waals surface area contributed by atoms with Crippen LogP contribution in [-0.2, 0) is 19.4 Å². The summed E-state index contributed by atoms with van der Waals surface area (Å²) in [6.45, 7) is 2.51. The Hall–Kier alpha value is -3.68. The lowest BCUT2D eigenvalue weighted by Gasteiger charge is -2.25. The molecule has 1 atom stereocenters. The number of fused-ring (bicyclic) bond motifs is 1. The topological polar surface area (TPSA) is 125 Å². The van der Waals surface area contributed by atoms with E-state index >= 15 is 0 Å². The Bertz CT molecular complexity index is 1280. The van der Waals surface area contributed by atoms with Gasteiger partial charge in [0.25, 0.3) is 0 Å². The number of nitrogens with one attached hydrogen (secondary N) is 3. The van der Waals surface area contributed by atoms with E-state index in [4.69, 9.17) is 0 Å². The molecule has 3 N–H and O–H groups in total. The number of hydrogen-bond acceptors (Lipinski definition) is 5. The zero-order valence-corrected chi connectivity index (χ0v) is 19.2. The van der Waals surface area contributed by atoms with Crippen LogP contribution in [0.3, 0.4) is 0 Å². The van der Waals surface area contributed by atoms with Gasteiger partial charge < -0.3 is 16.0 Å². The first-order chi connectivity index (χ1) is 16.2. The molecule has 1 heterocycles. The second-order valence-corrected chi connectivity index (χ2v) is 9.91. The molecule has 0 saturated heterocycles. The second-order valence-electron chi connectivity index (χ2n) is 7.66. The number of carbonyl (C=O) groups excluding carboxylic acids is 3. The van der Waals surface area contributed by atoms with Gasteiger partial charge in [0.1, 0.15) is 5.82 Å². The van der Waals surface area contributed by atoms with Gasteiger partial charge in [0.05, 0.1) is 33.6 Å². The van der Waals surface area contributed by atoms with E-state index in [-0.39, 0.29) is 23.6 Å². The maximum Gasteiger partial charge on any atom is 0.471 e. The van der Waals surface area contributed by atoms with E-state index in [1.807, 2.05) is 0 Å². The second kappa shape index (κ2) is 9.52. The highest BCUT2D eigenvalue weighted by Gasteiger charge is 2.40. The van der Waals surface area contributed by atoms with Crippen LogP contribution in [0.25, 0.3) is 0 Å². The molecule has 0 fully saturated rings. The first kappa shape index (κ1) is 25.9. The zero-order chi connectivity index (χ0) is 26.1. The van der Waals surface area contributed by atoms with Crippen LogP contribution >= 0.6 is 0 Å². The van der Waals surface area contributed by atoms with Crippen LogP contribution in [0, 0.1) is 11.7 Å². The van der Waals surface area contributed by atoms with Gasteiger partial charge >= 0.3 is 18.1 Å². The van der Waals surface area contributed by atoms with Gasteiger partial charge in [-0.2, -0.15) is 13.2 Å². The van der Waals surface area contributed by atoms with Gasteiger partial charge in [-0.15, -0.1) is 0 Å². The number of sulfone groups is 1. The van der Waals surface area contributed by atoms with E-state index < -0.39 is 61.9 Å². The number of benzene rings is 2. The fraction of sp³-hybridized carbons (Fsp3) is 0.286. The number of alkyl halides is 3. The summed E-state index contributed by atoms with van der Waals surface area (Å²) >= 11 is 0. The van der Waals surface area contributed by atoms with Crippen molar-refractivity contribution in [2.45, 2.75) is 24.9 Å². The van der Waals surface area contributed by atoms with Crippen molar-refractivity contribution in [1.82, 2.24) is 0 Å². The Labute approximate surface area is 197 Å². The Morgan fingerprint density at radius 3 is 2.34 bits per heavy atom. The monoisotopic (exact) mass is 516 g/mol.